The third kappa shape index (κ3) is 3.99. The van der Waals surface area contributed by atoms with Crippen molar-refractivity contribution in [3.05, 3.63) is 45.3 Å². The van der Waals surface area contributed by atoms with Crippen molar-refractivity contribution < 1.29 is 9.15 Å². The van der Waals surface area contributed by atoms with Gasteiger partial charge in [0.15, 0.2) is 0 Å². The van der Waals surface area contributed by atoms with E-state index in [1.165, 1.54) is 5.56 Å². The van der Waals surface area contributed by atoms with E-state index in [0.717, 1.165) is 55.9 Å². The third-order valence-corrected chi connectivity index (χ3v) is 4.47. The quantitative estimate of drug-likeness (QED) is 0.674. The number of aryl methyl sites for hydroxylation is 2. The normalized spacial score (nSPS) is 16.1. The lowest BCUT2D eigenvalue weighted by atomic mass is 10.0. The largest absolute Gasteiger partial charge is 0.423 e. The minimum absolute atomic E-state index is 0.286. The summed E-state index contributed by atoms with van der Waals surface area (Å²) in [7, 11) is 0. The maximum atomic E-state index is 11.8. The van der Waals surface area contributed by atoms with Gasteiger partial charge in [-0.05, 0) is 42.7 Å². The van der Waals surface area contributed by atoms with Crippen molar-refractivity contribution in [1.82, 2.24) is 10.2 Å². The highest BCUT2D eigenvalue weighted by Crippen LogP contribution is 2.21. The van der Waals surface area contributed by atoms with Crippen LogP contribution in [0.4, 0.5) is 0 Å². The van der Waals surface area contributed by atoms with Crippen molar-refractivity contribution in [2.45, 2.75) is 20.4 Å². The van der Waals surface area contributed by atoms with Crippen LogP contribution in [0.2, 0.25) is 0 Å². The maximum absolute atomic E-state index is 11.8. The van der Waals surface area contributed by atoms with Crippen LogP contribution < -0.4 is 10.9 Å². The van der Waals surface area contributed by atoms with E-state index in [-0.39, 0.29) is 5.63 Å². The van der Waals surface area contributed by atoms with E-state index in [0.29, 0.717) is 12.1 Å². The number of benzene rings is 1. The molecule has 1 saturated heterocycles. The first-order chi connectivity index (χ1) is 11.1. The van der Waals surface area contributed by atoms with Gasteiger partial charge in [-0.3, -0.25) is 4.90 Å². The maximum Gasteiger partial charge on any atom is 0.336 e. The summed E-state index contributed by atoms with van der Waals surface area (Å²) in [6.45, 7) is 10.3. The van der Waals surface area contributed by atoms with Gasteiger partial charge in [0.2, 0.25) is 0 Å². The highest BCUT2D eigenvalue weighted by Gasteiger charge is 2.10. The molecule has 0 saturated carbocycles. The molecule has 0 unspecified atom stereocenters. The Morgan fingerprint density at radius 2 is 1.87 bits per heavy atom. The number of hydrogen-bond acceptors (Lipinski definition) is 5. The highest BCUT2D eigenvalue weighted by atomic mass is 16.5. The van der Waals surface area contributed by atoms with E-state index in [2.05, 4.69) is 23.2 Å². The van der Waals surface area contributed by atoms with Crippen molar-refractivity contribution in [3.8, 4) is 0 Å². The SMILES string of the molecule is Cc1cc2oc(=O)cc(CNCCN3CCOCC3)c2cc1C. The van der Waals surface area contributed by atoms with Gasteiger partial charge in [0, 0.05) is 44.2 Å². The van der Waals surface area contributed by atoms with Gasteiger partial charge in [0.25, 0.3) is 0 Å². The lowest BCUT2D eigenvalue weighted by molar-refractivity contribution is 0.0384. The average Bonchev–Trinajstić information content (AvgIpc) is 2.54. The molecule has 0 amide bonds. The molecule has 5 heteroatoms. The minimum atomic E-state index is -0.286. The van der Waals surface area contributed by atoms with Gasteiger partial charge in [-0.25, -0.2) is 4.79 Å². The Morgan fingerprint density at radius 1 is 1.13 bits per heavy atom. The monoisotopic (exact) mass is 316 g/mol. The Hall–Kier alpha value is -1.69. The van der Waals surface area contributed by atoms with E-state index >= 15 is 0 Å². The molecule has 1 N–H and O–H groups in total. The number of fused-ring (bicyclic) bond motifs is 1. The second-order valence-electron chi connectivity index (χ2n) is 6.15. The Balaban J connectivity index is 1.67. The molecule has 1 fully saturated rings. The summed E-state index contributed by atoms with van der Waals surface area (Å²) < 4.78 is 10.7. The average molecular weight is 316 g/mol. The number of hydrogen-bond donors (Lipinski definition) is 1. The molecule has 0 bridgehead atoms. The Labute approximate surface area is 136 Å². The molecule has 0 atom stereocenters. The van der Waals surface area contributed by atoms with Crippen molar-refractivity contribution in [3.63, 3.8) is 0 Å². The second-order valence-corrected chi connectivity index (χ2v) is 6.15. The van der Waals surface area contributed by atoms with Crippen LogP contribution in [-0.2, 0) is 11.3 Å². The van der Waals surface area contributed by atoms with Crippen LogP contribution in [0.5, 0.6) is 0 Å². The van der Waals surface area contributed by atoms with Gasteiger partial charge in [-0.1, -0.05) is 0 Å². The van der Waals surface area contributed by atoms with Crippen LogP contribution >= 0.6 is 0 Å². The fourth-order valence-electron chi connectivity index (χ4n) is 2.91. The molecule has 0 aliphatic carbocycles. The fraction of sp³-hybridized carbons (Fsp3) is 0.500. The van der Waals surface area contributed by atoms with Gasteiger partial charge in [-0.15, -0.1) is 0 Å². The first kappa shape index (κ1) is 16.2. The molecule has 3 rings (SSSR count). The number of morpholine rings is 1. The number of ether oxygens (including phenoxy) is 1. The lowest BCUT2D eigenvalue weighted by Gasteiger charge is -2.26. The third-order valence-electron chi connectivity index (χ3n) is 4.47. The van der Waals surface area contributed by atoms with Crippen LogP contribution in [-0.4, -0.2) is 44.3 Å². The van der Waals surface area contributed by atoms with E-state index in [4.69, 9.17) is 9.15 Å². The summed E-state index contributed by atoms with van der Waals surface area (Å²) in [4.78, 5) is 14.2. The molecule has 1 aliphatic rings. The standard InChI is InChI=1S/C18H24N2O3/c1-13-9-16-15(11-18(21)23-17(16)10-14(13)2)12-19-3-4-20-5-7-22-8-6-20/h9-11,19H,3-8,12H2,1-2H3. The van der Waals surface area contributed by atoms with Gasteiger partial charge < -0.3 is 14.5 Å². The van der Waals surface area contributed by atoms with Gasteiger partial charge in [0.1, 0.15) is 5.58 Å². The highest BCUT2D eigenvalue weighted by molar-refractivity contribution is 5.81. The summed E-state index contributed by atoms with van der Waals surface area (Å²) in [5, 5.41) is 4.46. The van der Waals surface area contributed by atoms with Crippen LogP contribution in [0.3, 0.4) is 0 Å². The molecule has 5 nitrogen and oxygen atoms in total. The van der Waals surface area contributed by atoms with E-state index in [1.54, 1.807) is 6.07 Å². The van der Waals surface area contributed by atoms with Crippen molar-refractivity contribution in [2.75, 3.05) is 39.4 Å². The first-order valence-corrected chi connectivity index (χ1v) is 8.18. The Bertz CT molecular complexity index is 733. The predicted octanol–water partition coefficient (Wildman–Crippen LogP) is 1.83. The molecule has 23 heavy (non-hydrogen) atoms. The summed E-state index contributed by atoms with van der Waals surface area (Å²) in [5.41, 5.74) is 3.73. The topological polar surface area (TPSA) is 54.7 Å². The molecule has 1 aliphatic heterocycles. The summed E-state index contributed by atoms with van der Waals surface area (Å²) in [6.07, 6.45) is 0. The van der Waals surface area contributed by atoms with Crippen molar-refractivity contribution >= 4 is 11.0 Å². The van der Waals surface area contributed by atoms with Gasteiger partial charge in [0.05, 0.1) is 13.2 Å². The van der Waals surface area contributed by atoms with E-state index < -0.39 is 0 Å². The molecule has 0 radical (unpaired) electrons. The zero-order valence-electron chi connectivity index (χ0n) is 13.9. The van der Waals surface area contributed by atoms with Crippen LogP contribution in [0.25, 0.3) is 11.0 Å². The van der Waals surface area contributed by atoms with E-state index in [1.807, 2.05) is 13.0 Å². The lowest BCUT2D eigenvalue weighted by Crippen LogP contribution is -2.40. The Kier molecular flexibility index (Phi) is 5.10. The molecule has 1 aromatic heterocycles. The molecule has 2 heterocycles. The second kappa shape index (κ2) is 7.25. The predicted molar refractivity (Wildman–Crippen MR) is 90.9 cm³/mol. The van der Waals surface area contributed by atoms with Crippen LogP contribution in [0, 0.1) is 13.8 Å². The number of nitrogens with zero attached hydrogens (tertiary/aromatic N) is 1. The molecule has 2 aromatic rings. The number of rotatable bonds is 5. The molecular weight excluding hydrogens is 292 g/mol. The van der Waals surface area contributed by atoms with Gasteiger partial charge in [-0.2, -0.15) is 0 Å². The summed E-state index contributed by atoms with van der Waals surface area (Å²) >= 11 is 0. The zero-order valence-corrected chi connectivity index (χ0v) is 13.9. The summed E-state index contributed by atoms with van der Waals surface area (Å²) in [5.74, 6) is 0. The Morgan fingerprint density at radius 3 is 2.65 bits per heavy atom. The van der Waals surface area contributed by atoms with E-state index in [9.17, 15) is 4.79 Å². The summed E-state index contributed by atoms with van der Waals surface area (Å²) in [6, 6.07) is 5.65. The van der Waals surface area contributed by atoms with Crippen molar-refractivity contribution in [2.24, 2.45) is 0 Å². The molecule has 1 aromatic carbocycles. The van der Waals surface area contributed by atoms with Crippen molar-refractivity contribution in [1.29, 1.82) is 0 Å². The molecule has 0 spiro atoms. The smallest absolute Gasteiger partial charge is 0.336 e. The molecular formula is C18H24N2O3. The number of nitrogens with one attached hydrogen (secondary N) is 1. The minimum Gasteiger partial charge on any atom is -0.423 e. The van der Waals surface area contributed by atoms with Crippen LogP contribution in [0.1, 0.15) is 16.7 Å². The molecule has 124 valence electrons. The fourth-order valence-corrected chi connectivity index (χ4v) is 2.91. The first-order valence-electron chi connectivity index (χ1n) is 8.18. The van der Waals surface area contributed by atoms with Crippen LogP contribution in [0.15, 0.2) is 27.4 Å². The van der Waals surface area contributed by atoms with Gasteiger partial charge >= 0.3 is 5.63 Å². The zero-order chi connectivity index (χ0) is 16.2.